The zero-order valence-corrected chi connectivity index (χ0v) is 11.0. The number of ether oxygens (including phenoxy) is 2. The predicted molar refractivity (Wildman–Crippen MR) is 67.3 cm³/mol. The lowest BCUT2D eigenvalue weighted by atomic mass is 10.2. The molecule has 0 saturated heterocycles. The first-order valence-electron chi connectivity index (χ1n) is 6.31. The zero-order valence-electron chi connectivity index (χ0n) is 11.0. The summed E-state index contributed by atoms with van der Waals surface area (Å²) in [5, 5.41) is 0. The lowest BCUT2D eigenvalue weighted by molar-refractivity contribution is -0.121. The summed E-state index contributed by atoms with van der Waals surface area (Å²) in [6.45, 7) is 7.08. The first-order valence-corrected chi connectivity index (χ1v) is 6.31. The SMILES string of the molecule is CC(C)COCCOCCCCCC(=O)NN. The maximum atomic E-state index is 10.8. The third kappa shape index (κ3) is 13.3. The van der Waals surface area contributed by atoms with Crippen LogP contribution in [0, 0.1) is 5.92 Å². The van der Waals surface area contributed by atoms with E-state index < -0.39 is 0 Å². The Morgan fingerprint density at radius 3 is 2.47 bits per heavy atom. The number of hydrazine groups is 1. The Labute approximate surface area is 104 Å². The van der Waals surface area contributed by atoms with Gasteiger partial charge in [0.2, 0.25) is 5.91 Å². The Bertz CT molecular complexity index is 187. The van der Waals surface area contributed by atoms with E-state index >= 15 is 0 Å². The first kappa shape index (κ1) is 16.4. The van der Waals surface area contributed by atoms with Crippen LogP contribution in [0.15, 0.2) is 0 Å². The van der Waals surface area contributed by atoms with E-state index in [9.17, 15) is 4.79 Å². The molecule has 0 aliphatic heterocycles. The molecule has 0 saturated carbocycles. The van der Waals surface area contributed by atoms with Gasteiger partial charge in [-0.15, -0.1) is 0 Å². The molecule has 0 unspecified atom stereocenters. The van der Waals surface area contributed by atoms with E-state index in [1.807, 2.05) is 0 Å². The third-order valence-electron chi connectivity index (χ3n) is 2.18. The maximum absolute atomic E-state index is 10.8. The van der Waals surface area contributed by atoms with Crippen LogP contribution < -0.4 is 11.3 Å². The lowest BCUT2D eigenvalue weighted by Crippen LogP contribution is -2.29. The van der Waals surface area contributed by atoms with E-state index in [0.29, 0.717) is 25.6 Å². The Morgan fingerprint density at radius 2 is 1.82 bits per heavy atom. The van der Waals surface area contributed by atoms with Gasteiger partial charge in [0.1, 0.15) is 0 Å². The molecule has 5 nitrogen and oxygen atoms in total. The zero-order chi connectivity index (χ0) is 12.9. The standard InChI is InChI=1S/C12H26N2O3/c1-11(2)10-17-9-8-16-7-5-3-4-6-12(15)14-13/h11H,3-10,13H2,1-2H3,(H,14,15). The van der Waals surface area contributed by atoms with Crippen LogP contribution in [0.25, 0.3) is 0 Å². The fraction of sp³-hybridized carbons (Fsp3) is 0.917. The molecule has 17 heavy (non-hydrogen) atoms. The van der Waals surface area contributed by atoms with Crippen LogP contribution in [0.1, 0.15) is 39.5 Å². The highest BCUT2D eigenvalue weighted by Gasteiger charge is 1.98. The molecule has 0 aromatic carbocycles. The van der Waals surface area contributed by atoms with Crippen LogP contribution in [0.5, 0.6) is 0 Å². The van der Waals surface area contributed by atoms with E-state index in [4.69, 9.17) is 15.3 Å². The number of rotatable bonds is 11. The molecule has 0 radical (unpaired) electrons. The molecular weight excluding hydrogens is 220 g/mol. The number of hydrogen-bond acceptors (Lipinski definition) is 4. The van der Waals surface area contributed by atoms with Crippen molar-refractivity contribution in [1.29, 1.82) is 0 Å². The molecule has 0 spiro atoms. The number of nitrogens with one attached hydrogen (secondary N) is 1. The smallest absolute Gasteiger partial charge is 0.233 e. The number of carbonyl (C=O) groups excluding carboxylic acids is 1. The molecule has 0 fully saturated rings. The van der Waals surface area contributed by atoms with E-state index in [1.54, 1.807) is 0 Å². The first-order chi connectivity index (χ1) is 8.16. The predicted octanol–water partition coefficient (Wildman–Crippen LogP) is 1.23. The molecular formula is C12H26N2O3. The monoisotopic (exact) mass is 246 g/mol. The van der Waals surface area contributed by atoms with Crippen molar-refractivity contribution in [3.8, 4) is 0 Å². The minimum Gasteiger partial charge on any atom is -0.379 e. The summed E-state index contributed by atoms with van der Waals surface area (Å²) in [7, 11) is 0. The van der Waals surface area contributed by atoms with Crippen molar-refractivity contribution < 1.29 is 14.3 Å². The average molecular weight is 246 g/mol. The van der Waals surface area contributed by atoms with Crippen LogP contribution >= 0.6 is 0 Å². The summed E-state index contributed by atoms with van der Waals surface area (Å²) in [5.74, 6) is 5.43. The minimum atomic E-state index is -0.104. The molecule has 0 aromatic rings. The molecule has 0 aliphatic rings. The molecule has 0 aromatic heterocycles. The molecule has 0 atom stereocenters. The van der Waals surface area contributed by atoms with Crippen LogP contribution in [0.3, 0.4) is 0 Å². The topological polar surface area (TPSA) is 73.6 Å². The van der Waals surface area contributed by atoms with Gasteiger partial charge in [-0.25, -0.2) is 5.84 Å². The van der Waals surface area contributed by atoms with Crippen molar-refractivity contribution in [2.45, 2.75) is 39.5 Å². The summed E-state index contributed by atoms with van der Waals surface area (Å²) in [4.78, 5) is 10.8. The average Bonchev–Trinajstić information content (AvgIpc) is 2.30. The molecule has 0 rings (SSSR count). The van der Waals surface area contributed by atoms with Crippen LogP contribution in [-0.4, -0.2) is 32.3 Å². The minimum absolute atomic E-state index is 0.104. The molecule has 0 aliphatic carbocycles. The van der Waals surface area contributed by atoms with Gasteiger partial charge in [0.05, 0.1) is 13.2 Å². The van der Waals surface area contributed by atoms with Crippen LogP contribution in [0.4, 0.5) is 0 Å². The van der Waals surface area contributed by atoms with Gasteiger partial charge in [-0.2, -0.15) is 0 Å². The van der Waals surface area contributed by atoms with Gasteiger partial charge in [-0.3, -0.25) is 10.2 Å². The van der Waals surface area contributed by atoms with Crippen molar-refractivity contribution >= 4 is 5.91 Å². The van der Waals surface area contributed by atoms with E-state index in [-0.39, 0.29) is 5.91 Å². The third-order valence-corrected chi connectivity index (χ3v) is 2.18. The van der Waals surface area contributed by atoms with Crippen LogP contribution in [-0.2, 0) is 14.3 Å². The number of amides is 1. The van der Waals surface area contributed by atoms with Crippen LogP contribution in [0.2, 0.25) is 0 Å². The lowest BCUT2D eigenvalue weighted by Gasteiger charge is -2.07. The molecule has 0 heterocycles. The largest absolute Gasteiger partial charge is 0.379 e. The summed E-state index contributed by atoms with van der Waals surface area (Å²) in [5.41, 5.74) is 2.11. The molecule has 0 bridgehead atoms. The fourth-order valence-electron chi connectivity index (χ4n) is 1.28. The van der Waals surface area contributed by atoms with Crippen molar-refractivity contribution in [1.82, 2.24) is 5.43 Å². The van der Waals surface area contributed by atoms with Crippen molar-refractivity contribution in [2.24, 2.45) is 11.8 Å². The maximum Gasteiger partial charge on any atom is 0.233 e. The van der Waals surface area contributed by atoms with Gasteiger partial charge in [0.15, 0.2) is 0 Å². The second-order valence-electron chi connectivity index (χ2n) is 4.46. The van der Waals surface area contributed by atoms with E-state index in [0.717, 1.165) is 32.5 Å². The summed E-state index contributed by atoms with van der Waals surface area (Å²) in [6.07, 6.45) is 3.31. The van der Waals surface area contributed by atoms with Gasteiger partial charge in [-0.1, -0.05) is 20.3 Å². The van der Waals surface area contributed by atoms with Crippen molar-refractivity contribution in [3.05, 3.63) is 0 Å². The van der Waals surface area contributed by atoms with Crippen molar-refractivity contribution in [2.75, 3.05) is 26.4 Å². The normalized spacial score (nSPS) is 10.8. The number of unbranched alkanes of at least 4 members (excludes halogenated alkanes) is 2. The van der Waals surface area contributed by atoms with Gasteiger partial charge in [0.25, 0.3) is 0 Å². The summed E-state index contributed by atoms with van der Waals surface area (Å²) >= 11 is 0. The molecule has 5 heteroatoms. The molecule has 102 valence electrons. The quantitative estimate of drug-likeness (QED) is 0.249. The highest BCUT2D eigenvalue weighted by molar-refractivity contribution is 5.74. The number of nitrogens with two attached hydrogens (primary N) is 1. The van der Waals surface area contributed by atoms with Gasteiger partial charge in [-0.05, 0) is 18.8 Å². The Kier molecular flexibility index (Phi) is 11.4. The van der Waals surface area contributed by atoms with Gasteiger partial charge >= 0.3 is 0 Å². The van der Waals surface area contributed by atoms with E-state index in [2.05, 4.69) is 19.3 Å². The second-order valence-corrected chi connectivity index (χ2v) is 4.46. The highest BCUT2D eigenvalue weighted by atomic mass is 16.5. The molecule has 3 N–H and O–H groups in total. The number of carbonyl (C=O) groups is 1. The Hall–Kier alpha value is -0.650. The van der Waals surface area contributed by atoms with Crippen molar-refractivity contribution in [3.63, 3.8) is 0 Å². The highest BCUT2D eigenvalue weighted by Crippen LogP contribution is 2.00. The summed E-state index contributed by atoms with van der Waals surface area (Å²) in [6, 6.07) is 0. The molecule has 1 amide bonds. The number of hydrogen-bond donors (Lipinski definition) is 2. The Morgan fingerprint density at radius 1 is 1.12 bits per heavy atom. The Balaban J connectivity index is 3.01. The van der Waals surface area contributed by atoms with Gasteiger partial charge in [0, 0.05) is 19.6 Å². The summed E-state index contributed by atoms with van der Waals surface area (Å²) < 4.78 is 10.8. The van der Waals surface area contributed by atoms with Gasteiger partial charge < -0.3 is 9.47 Å². The van der Waals surface area contributed by atoms with E-state index in [1.165, 1.54) is 0 Å². The fourth-order valence-corrected chi connectivity index (χ4v) is 1.28. The second kappa shape index (κ2) is 11.8.